The molecular formula is C13H15BrN2OS. The number of halogens is 1. The quantitative estimate of drug-likeness (QED) is 0.836. The highest BCUT2D eigenvalue weighted by molar-refractivity contribution is 9.10. The number of amides is 1. The van der Waals surface area contributed by atoms with Crippen LogP contribution in [0.25, 0.3) is 0 Å². The van der Waals surface area contributed by atoms with Gasteiger partial charge in [-0.05, 0) is 53.7 Å². The Bertz CT molecular complexity index is 500. The average Bonchev–Trinajstić information content (AvgIpc) is 3.12. The molecule has 2 rings (SSSR count). The summed E-state index contributed by atoms with van der Waals surface area (Å²) in [5.41, 5.74) is 7.34. The van der Waals surface area contributed by atoms with E-state index in [1.165, 1.54) is 0 Å². The molecule has 1 unspecified atom stereocenters. The van der Waals surface area contributed by atoms with Crippen LogP contribution in [0.3, 0.4) is 0 Å². The average molecular weight is 327 g/mol. The smallest absolute Gasteiger partial charge is 0.253 e. The van der Waals surface area contributed by atoms with Crippen molar-refractivity contribution in [3.8, 4) is 0 Å². The second-order valence-electron chi connectivity index (χ2n) is 4.67. The Morgan fingerprint density at radius 2 is 2.22 bits per heavy atom. The van der Waals surface area contributed by atoms with Gasteiger partial charge in [0.2, 0.25) is 0 Å². The van der Waals surface area contributed by atoms with Gasteiger partial charge in [0.25, 0.3) is 5.91 Å². The molecular weight excluding hydrogens is 312 g/mol. The number of carbonyl (C=O) groups excluding carboxylic acids is 1. The predicted octanol–water partition coefficient (Wildman–Crippen LogP) is 2.55. The molecule has 96 valence electrons. The van der Waals surface area contributed by atoms with Crippen LogP contribution in [0.2, 0.25) is 0 Å². The molecule has 0 bridgehead atoms. The van der Waals surface area contributed by atoms with E-state index in [1.807, 2.05) is 25.1 Å². The first-order valence-electron chi connectivity index (χ1n) is 5.85. The number of aryl methyl sites for hydroxylation is 1. The van der Waals surface area contributed by atoms with E-state index in [9.17, 15) is 4.79 Å². The summed E-state index contributed by atoms with van der Waals surface area (Å²) in [4.78, 5) is 12.6. The molecule has 18 heavy (non-hydrogen) atoms. The fraction of sp³-hybridized carbons (Fsp3) is 0.385. The Morgan fingerprint density at radius 3 is 2.78 bits per heavy atom. The Morgan fingerprint density at radius 1 is 1.56 bits per heavy atom. The van der Waals surface area contributed by atoms with Gasteiger partial charge < -0.3 is 11.1 Å². The topological polar surface area (TPSA) is 55.1 Å². The number of thiocarbonyl (C=S) groups is 1. The largest absolute Gasteiger partial charge is 0.392 e. The van der Waals surface area contributed by atoms with Gasteiger partial charge in [0, 0.05) is 4.47 Å². The molecule has 1 amide bonds. The van der Waals surface area contributed by atoms with E-state index < -0.39 is 0 Å². The summed E-state index contributed by atoms with van der Waals surface area (Å²) >= 11 is 8.40. The van der Waals surface area contributed by atoms with Crippen LogP contribution in [0.4, 0.5) is 0 Å². The summed E-state index contributed by atoms with van der Waals surface area (Å²) in [5, 5.41) is 2.93. The number of nitrogens with two attached hydrogens (primary N) is 1. The normalized spacial score (nSPS) is 16.1. The summed E-state index contributed by atoms with van der Waals surface area (Å²) in [7, 11) is 0. The van der Waals surface area contributed by atoms with Gasteiger partial charge in [-0.2, -0.15) is 0 Å². The lowest BCUT2D eigenvalue weighted by atomic mass is 10.1. The molecule has 0 saturated heterocycles. The molecule has 3 N–H and O–H groups in total. The summed E-state index contributed by atoms with van der Waals surface area (Å²) in [6, 6.07) is 5.49. The highest BCUT2D eigenvalue weighted by Gasteiger charge is 2.34. The van der Waals surface area contributed by atoms with E-state index in [0.717, 1.165) is 22.9 Å². The van der Waals surface area contributed by atoms with Gasteiger partial charge in [-0.15, -0.1) is 0 Å². The first-order valence-corrected chi connectivity index (χ1v) is 7.05. The zero-order chi connectivity index (χ0) is 13.3. The minimum absolute atomic E-state index is 0.129. The number of benzene rings is 1. The van der Waals surface area contributed by atoms with E-state index in [0.29, 0.717) is 16.5 Å². The first-order chi connectivity index (χ1) is 8.49. The fourth-order valence-electron chi connectivity index (χ4n) is 1.88. The van der Waals surface area contributed by atoms with Crippen LogP contribution in [-0.2, 0) is 0 Å². The number of nitrogens with one attached hydrogen (secondary N) is 1. The molecule has 1 aromatic carbocycles. The van der Waals surface area contributed by atoms with E-state index in [2.05, 4.69) is 21.2 Å². The Kier molecular flexibility index (Phi) is 4.02. The zero-order valence-electron chi connectivity index (χ0n) is 10.1. The second kappa shape index (κ2) is 5.36. The van der Waals surface area contributed by atoms with E-state index >= 15 is 0 Å². The molecule has 0 aliphatic heterocycles. The van der Waals surface area contributed by atoms with E-state index in [1.54, 1.807) is 0 Å². The van der Waals surface area contributed by atoms with Crippen LogP contribution < -0.4 is 11.1 Å². The number of hydrogen-bond donors (Lipinski definition) is 2. The Hall–Kier alpha value is -0.940. The van der Waals surface area contributed by atoms with Crippen molar-refractivity contribution in [2.45, 2.75) is 25.8 Å². The lowest BCUT2D eigenvalue weighted by molar-refractivity contribution is 0.0943. The predicted molar refractivity (Wildman–Crippen MR) is 79.6 cm³/mol. The van der Waals surface area contributed by atoms with Gasteiger partial charge in [0.05, 0.1) is 16.6 Å². The van der Waals surface area contributed by atoms with E-state index in [4.69, 9.17) is 18.0 Å². The van der Waals surface area contributed by atoms with Crippen molar-refractivity contribution in [3.63, 3.8) is 0 Å². The molecule has 0 spiro atoms. The maximum absolute atomic E-state index is 12.2. The molecule has 1 aliphatic rings. The van der Waals surface area contributed by atoms with Crippen LogP contribution in [0.1, 0.15) is 28.8 Å². The van der Waals surface area contributed by atoms with Gasteiger partial charge in [-0.1, -0.05) is 23.8 Å². The molecule has 5 heteroatoms. The number of hydrogen-bond acceptors (Lipinski definition) is 2. The first kappa shape index (κ1) is 13.5. The Labute approximate surface area is 120 Å². The fourth-order valence-corrected chi connectivity index (χ4v) is 2.56. The minimum atomic E-state index is -0.181. The monoisotopic (exact) mass is 326 g/mol. The summed E-state index contributed by atoms with van der Waals surface area (Å²) in [6.45, 7) is 1.95. The van der Waals surface area contributed by atoms with Crippen molar-refractivity contribution in [1.29, 1.82) is 0 Å². The maximum Gasteiger partial charge on any atom is 0.253 e. The second-order valence-corrected chi connectivity index (χ2v) is 6.00. The highest BCUT2D eigenvalue weighted by atomic mass is 79.9. The Balaban J connectivity index is 2.15. The van der Waals surface area contributed by atoms with Gasteiger partial charge in [0.1, 0.15) is 0 Å². The summed E-state index contributed by atoms with van der Waals surface area (Å²) in [6.07, 6.45) is 2.16. The molecule has 1 atom stereocenters. The third-order valence-corrected chi connectivity index (χ3v) is 4.00. The van der Waals surface area contributed by atoms with Crippen molar-refractivity contribution >= 4 is 39.0 Å². The van der Waals surface area contributed by atoms with Crippen molar-refractivity contribution in [3.05, 3.63) is 33.8 Å². The maximum atomic E-state index is 12.2. The number of carbonyl (C=O) groups is 1. The summed E-state index contributed by atoms with van der Waals surface area (Å²) in [5.74, 6) is 0.283. The number of rotatable bonds is 4. The molecule has 1 aliphatic carbocycles. The SMILES string of the molecule is Cc1ccc(Br)c(C(=O)NC(C(N)=S)C2CC2)c1. The van der Waals surface area contributed by atoms with Crippen molar-refractivity contribution in [2.24, 2.45) is 11.7 Å². The van der Waals surface area contributed by atoms with Crippen LogP contribution in [0.5, 0.6) is 0 Å². The molecule has 3 nitrogen and oxygen atoms in total. The third-order valence-electron chi connectivity index (χ3n) is 3.05. The lowest BCUT2D eigenvalue weighted by Crippen LogP contribution is -2.45. The third kappa shape index (κ3) is 3.09. The highest BCUT2D eigenvalue weighted by Crippen LogP contribution is 2.33. The van der Waals surface area contributed by atoms with Gasteiger partial charge in [-0.25, -0.2) is 0 Å². The molecule has 1 saturated carbocycles. The van der Waals surface area contributed by atoms with Crippen LogP contribution >= 0.6 is 28.1 Å². The van der Waals surface area contributed by atoms with Crippen molar-refractivity contribution < 1.29 is 4.79 Å². The lowest BCUT2D eigenvalue weighted by Gasteiger charge is -2.17. The minimum Gasteiger partial charge on any atom is -0.392 e. The standard InChI is InChI=1S/C13H15BrN2OS/c1-7-2-5-10(14)9(6-7)13(17)16-11(12(15)18)8-3-4-8/h2,5-6,8,11H,3-4H2,1H3,(H2,15,18)(H,16,17). The van der Waals surface area contributed by atoms with Gasteiger partial charge in [-0.3, -0.25) is 4.79 Å². The van der Waals surface area contributed by atoms with E-state index in [-0.39, 0.29) is 11.9 Å². The molecule has 0 radical (unpaired) electrons. The van der Waals surface area contributed by atoms with Crippen LogP contribution in [0, 0.1) is 12.8 Å². The zero-order valence-corrected chi connectivity index (χ0v) is 12.5. The van der Waals surface area contributed by atoms with Crippen molar-refractivity contribution in [2.75, 3.05) is 0 Å². The summed E-state index contributed by atoms with van der Waals surface area (Å²) < 4.78 is 0.781. The van der Waals surface area contributed by atoms with Crippen LogP contribution in [0.15, 0.2) is 22.7 Å². The van der Waals surface area contributed by atoms with Gasteiger partial charge in [0.15, 0.2) is 0 Å². The molecule has 1 aromatic rings. The molecule has 0 aromatic heterocycles. The van der Waals surface area contributed by atoms with Gasteiger partial charge >= 0.3 is 0 Å². The van der Waals surface area contributed by atoms with Crippen molar-refractivity contribution in [1.82, 2.24) is 5.32 Å². The molecule has 0 heterocycles. The molecule has 1 fully saturated rings. The van der Waals surface area contributed by atoms with Crippen LogP contribution in [-0.4, -0.2) is 16.9 Å².